The molecule has 2 amide bonds. The molecule has 0 radical (unpaired) electrons. The van der Waals surface area contributed by atoms with Gasteiger partial charge in [-0.25, -0.2) is 0 Å². The van der Waals surface area contributed by atoms with Crippen molar-refractivity contribution < 1.29 is 19.4 Å². The lowest BCUT2D eigenvalue weighted by Gasteiger charge is -2.48. The molecule has 23 heavy (non-hydrogen) atoms. The summed E-state index contributed by atoms with van der Waals surface area (Å²) in [6.07, 6.45) is 0.820. The minimum atomic E-state index is -0.704. The molecule has 6 heteroatoms. The number of rotatable bonds is 4. The number of nitrogens with zero attached hydrogens (tertiary/aromatic N) is 2. The van der Waals surface area contributed by atoms with Gasteiger partial charge in [0.05, 0.1) is 31.3 Å². The molecule has 1 aliphatic carbocycles. The summed E-state index contributed by atoms with van der Waals surface area (Å²) in [6, 6.07) is 0. The van der Waals surface area contributed by atoms with Gasteiger partial charge >= 0.3 is 0 Å². The standard InChI is InChI=1S/C17H28N2O4/c1-16(2)13-4-5-17(16,3)15(22)19(14(13)21)11-12(20)10-18-6-8-23-9-7-18/h12-13,20H,4-11H2,1-3H3/t12-,13+,17+/m0/s1. The number of amides is 2. The Balaban J connectivity index is 1.68. The first-order valence-corrected chi connectivity index (χ1v) is 8.61. The molecule has 2 heterocycles. The molecular weight excluding hydrogens is 296 g/mol. The van der Waals surface area contributed by atoms with Crippen molar-refractivity contribution in [2.75, 3.05) is 39.4 Å². The van der Waals surface area contributed by atoms with Crippen LogP contribution in [-0.4, -0.2) is 72.2 Å². The first kappa shape index (κ1) is 16.9. The Kier molecular flexibility index (Phi) is 4.27. The number of morpholine rings is 1. The van der Waals surface area contributed by atoms with E-state index in [0.29, 0.717) is 19.8 Å². The molecule has 2 bridgehead atoms. The zero-order chi connectivity index (χ0) is 16.8. The average molecular weight is 324 g/mol. The molecule has 3 aliphatic rings. The van der Waals surface area contributed by atoms with Crippen LogP contribution in [0.4, 0.5) is 0 Å². The van der Waals surface area contributed by atoms with Crippen molar-refractivity contribution in [3.05, 3.63) is 0 Å². The van der Waals surface area contributed by atoms with E-state index in [1.165, 1.54) is 4.90 Å². The van der Waals surface area contributed by atoms with Crippen LogP contribution in [0.2, 0.25) is 0 Å². The molecule has 1 saturated carbocycles. The van der Waals surface area contributed by atoms with Gasteiger partial charge in [0.25, 0.3) is 0 Å². The highest BCUT2D eigenvalue weighted by Gasteiger charge is 2.64. The number of aliphatic hydroxyl groups is 1. The molecular formula is C17H28N2O4. The molecule has 0 unspecified atom stereocenters. The minimum absolute atomic E-state index is 0.101. The first-order valence-electron chi connectivity index (χ1n) is 8.61. The van der Waals surface area contributed by atoms with Crippen LogP contribution in [0.5, 0.6) is 0 Å². The summed E-state index contributed by atoms with van der Waals surface area (Å²) in [4.78, 5) is 29.1. The van der Waals surface area contributed by atoms with E-state index in [0.717, 1.165) is 25.9 Å². The van der Waals surface area contributed by atoms with E-state index >= 15 is 0 Å². The number of hydrogen-bond donors (Lipinski definition) is 1. The van der Waals surface area contributed by atoms with E-state index in [4.69, 9.17) is 4.74 Å². The van der Waals surface area contributed by atoms with Crippen LogP contribution >= 0.6 is 0 Å². The van der Waals surface area contributed by atoms with Crippen LogP contribution < -0.4 is 0 Å². The number of aliphatic hydroxyl groups excluding tert-OH is 1. The molecule has 2 aliphatic heterocycles. The Morgan fingerprint density at radius 2 is 1.87 bits per heavy atom. The summed E-state index contributed by atoms with van der Waals surface area (Å²) in [5, 5.41) is 10.4. The average Bonchev–Trinajstić information content (AvgIpc) is 2.70. The van der Waals surface area contributed by atoms with Gasteiger partial charge in [-0.05, 0) is 18.3 Å². The Bertz CT molecular complexity index is 501. The third-order valence-electron chi connectivity index (χ3n) is 6.47. The quantitative estimate of drug-likeness (QED) is 0.762. The van der Waals surface area contributed by atoms with Gasteiger partial charge < -0.3 is 9.84 Å². The van der Waals surface area contributed by atoms with E-state index in [9.17, 15) is 14.7 Å². The summed E-state index contributed by atoms with van der Waals surface area (Å²) in [5.41, 5.74) is -0.795. The zero-order valence-electron chi connectivity index (χ0n) is 14.4. The lowest BCUT2D eigenvalue weighted by atomic mass is 9.62. The molecule has 3 atom stereocenters. The van der Waals surface area contributed by atoms with Crippen LogP contribution in [0, 0.1) is 16.7 Å². The third-order valence-corrected chi connectivity index (χ3v) is 6.47. The van der Waals surface area contributed by atoms with E-state index < -0.39 is 11.5 Å². The second-order valence-corrected chi connectivity index (χ2v) is 7.97. The normalized spacial score (nSPS) is 35.7. The summed E-state index contributed by atoms with van der Waals surface area (Å²) in [6.45, 7) is 9.53. The molecule has 0 aromatic heterocycles. The smallest absolute Gasteiger partial charge is 0.235 e. The highest BCUT2D eigenvalue weighted by Crippen LogP contribution is 2.59. The van der Waals surface area contributed by atoms with Gasteiger partial charge in [0, 0.05) is 25.6 Å². The molecule has 0 aromatic carbocycles. The van der Waals surface area contributed by atoms with Crippen molar-refractivity contribution in [1.29, 1.82) is 0 Å². The van der Waals surface area contributed by atoms with Crippen LogP contribution in [0.3, 0.4) is 0 Å². The fourth-order valence-corrected chi connectivity index (χ4v) is 4.42. The number of fused-ring (bicyclic) bond motifs is 2. The molecule has 130 valence electrons. The van der Waals surface area contributed by atoms with Crippen LogP contribution in [-0.2, 0) is 14.3 Å². The maximum atomic E-state index is 12.9. The highest BCUT2D eigenvalue weighted by atomic mass is 16.5. The monoisotopic (exact) mass is 324 g/mol. The number of carbonyl (C=O) groups is 2. The number of imide groups is 1. The van der Waals surface area contributed by atoms with Gasteiger partial charge in [0.2, 0.25) is 11.8 Å². The van der Waals surface area contributed by atoms with Crippen molar-refractivity contribution >= 4 is 11.8 Å². The fraction of sp³-hybridized carbons (Fsp3) is 0.882. The molecule has 3 rings (SSSR count). The molecule has 3 fully saturated rings. The molecule has 0 aromatic rings. The van der Waals surface area contributed by atoms with Crippen molar-refractivity contribution in [1.82, 2.24) is 9.80 Å². The third kappa shape index (κ3) is 2.61. The van der Waals surface area contributed by atoms with Crippen molar-refractivity contribution in [2.45, 2.75) is 39.7 Å². The van der Waals surface area contributed by atoms with Crippen molar-refractivity contribution in [2.24, 2.45) is 16.7 Å². The van der Waals surface area contributed by atoms with E-state index in [-0.39, 0.29) is 29.7 Å². The van der Waals surface area contributed by atoms with Crippen LogP contribution in [0.25, 0.3) is 0 Å². The predicted octanol–water partition coefficient (Wildman–Crippen LogP) is 0.491. The second kappa shape index (κ2) is 5.83. The van der Waals surface area contributed by atoms with Gasteiger partial charge in [-0.15, -0.1) is 0 Å². The van der Waals surface area contributed by atoms with Crippen LogP contribution in [0.1, 0.15) is 33.6 Å². The first-order chi connectivity index (χ1) is 10.8. The Morgan fingerprint density at radius 3 is 2.52 bits per heavy atom. The van der Waals surface area contributed by atoms with Gasteiger partial charge in [0.15, 0.2) is 0 Å². The fourth-order valence-electron chi connectivity index (χ4n) is 4.42. The van der Waals surface area contributed by atoms with Crippen LogP contribution in [0.15, 0.2) is 0 Å². The molecule has 6 nitrogen and oxygen atoms in total. The number of likely N-dealkylation sites (tertiary alicyclic amines) is 1. The minimum Gasteiger partial charge on any atom is -0.390 e. The molecule has 0 spiro atoms. The summed E-state index contributed by atoms with van der Waals surface area (Å²) in [7, 11) is 0. The van der Waals surface area contributed by atoms with E-state index in [1.54, 1.807) is 0 Å². The largest absolute Gasteiger partial charge is 0.390 e. The topological polar surface area (TPSA) is 70.1 Å². The Morgan fingerprint density at radius 1 is 1.22 bits per heavy atom. The number of hydrogen-bond acceptors (Lipinski definition) is 5. The van der Waals surface area contributed by atoms with E-state index in [2.05, 4.69) is 4.90 Å². The number of carbonyl (C=O) groups excluding carboxylic acids is 2. The second-order valence-electron chi connectivity index (χ2n) is 7.97. The summed E-state index contributed by atoms with van der Waals surface area (Å²) >= 11 is 0. The number of ether oxygens (including phenoxy) is 1. The lowest BCUT2D eigenvalue weighted by Crippen LogP contribution is -2.61. The predicted molar refractivity (Wildman–Crippen MR) is 84.6 cm³/mol. The summed E-state index contributed by atoms with van der Waals surface area (Å²) in [5.74, 6) is -0.320. The molecule has 1 N–H and O–H groups in total. The SMILES string of the molecule is CC1(C)[C@@H]2CC[C@]1(C)C(=O)N(C[C@@H](O)CN1CCOCC1)C2=O. The van der Waals surface area contributed by atoms with E-state index in [1.807, 2.05) is 20.8 Å². The van der Waals surface area contributed by atoms with Gasteiger partial charge in [-0.1, -0.05) is 20.8 Å². The van der Waals surface area contributed by atoms with Crippen molar-refractivity contribution in [3.63, 3.8) is 0 Å². The van der Waals surface area contributed by atoms with Gasteiger partial charge in [-0.2, -0.15) is 0 Å². The lowest BCUT2D eigenvalue weighted by molar-refractivity contribution is -0.169. The van der Waals surface area contributed by atoms with Gasteiger partial charge in [-0.3, -0.25) is 19.4 Å². The molecule has 2 saturated heterocycles. The van der Waals surface area contributed by atoms with Gasteiger partial charge in [0.1, 0.15) is 0 Å². The maximum absolute atomic E-state index is 12.9. The van der Waals surface area contributed by atoms with Crippen molar-refractivity contribution in [3.8, 4) is 0 Å². The highest BCUT2D eigenvalue weighted by molar-refractivity contribution is 6.03. The summed E-state index contributed by atoms with van der Waals surface area (Å²) < 4.78 is 5.30. The maximum Gasteiger partial charge on any atom is 0.235 e. The number of piperidine rings is 1. The zero-order valence-corrected chi connectivity index (χ0v) is 14.4. The Hall–Kier alpha value is -0.980. The number of β-amino-alcohol motifs (C(OH)–C–C–N with tert-alkyl or cyclic N) is 1. The Labute approximate surface area is 137 Å².